The molecule has 6 nitrogen and oxygen atoms in total. The predicted octanol–water partition coefficient (Wildman–Crippen LogP) is 4.17. The Labute approximate surface area is 166 Å². The monoisotopic (exact) mass is 405 g/mol. The molecule has 148 valence electrons. The average molecular weight is 406 g/mol. The minimum atomic E-state index is -0.559. The number of hydrogen-bond acceptors (Lipinski definition) is 5. The van der Waals surface area contributed by atoms with E-state index >= 15 is 0 Å². The smallest absolute Gasteiger partial charge is 0.272 e. The summed E-state index contributed by atoms with van der Waals surface area (Å²) in [5.41, 5.74) is 1.97. The van der Waals surface area contributed by atoms with Gasteiger partial charge in [0.2, 0.25) is 0 Å². The van der Waals surface area contributed by atoms with Gasteiger partial charge in [0.05, 0.1) is 36.0 Å². The molecule has 1 atom stereocenters. The van der Waals surface area contributed by atoms with E-state index in [1.54, 1.807) is 30.9 Å². The fourth-order valence-corrected chi connectivity index (χ4v) is 3.48. The lowest BCUT2D eigenvalue weighted by molar-refractivity contribution is 0.153. The molecule has 0 bridgehead atoms. The van der Waals surface area contributed by atoms with Gasteiger partial charge in [0.1, 0.15) is 11.2 Å². The van der Waals surface area contributed by atoms with Crippen LogP contribution in [-0.2, 0) is 4.74 Å². The van der Waals surface area contributed by atoms with Gasteiger partial charge in [-0.3, -0.25) is 14.3 Å². The summed E-state index contributed by atoms with van der Waals surface area (Å²) in [6.45, 7) is 4.00. The maximum Gasteiger partial charge on any atom is 0.272 e. The van der Waals surface area contributed by atoms with E-state index in [2.05, 4.69) is 9.97 Å². The zero-order chi connectivity index (χ0) is 20.4. The summed E-state index contributed by atoms with van der Waals surface area (Å²) >= 11 is 6.36. The van der Waals surface area contributed by atoms with Crippen LogP contribution in [-0.4, -0.2) is 35.4 Å². The number of aryl methyl sites for hydroxylation is 1. The van der Waals surface area contributed by atoms with E-state index in [9.17, 15) is 9.18 Å². The van der Waals surface area contributed by atoms with Gasteiger partial charge < -0.3 is 9.47 Å². The third-order valence-electron chi connectivity index (χ3n) is 4.66. The maximum atomic E-state index is 14.3. The van der Waals surface area contributed by atoms with Crippen LogP contribution in [0.2, 0.25) is 5.02 Å². The van der Waals surface area contributed by atoms with Crippen molar-refractivity contribution in [1.82, 2.24) is 14.5 Å². The van der Waals surface area contributed by atoms with Crippen LogP contribution in [0.4, 0.5) is 4.39 Å². The molecule has 0 aliphatic carbocycles. The van der Waals surface area contributed by atoms with Crippen LogP contribution in [0.1, 0.15) is 25.1 Å². The number of ether oxygens (including phenoxy) is 2. The zero-order valence-electron chi connectivity index (χ0n) is 16.1. The molecule has 8 heteroatoms. The van der Waals surface area contributed by atoms with Crippen molar-refractivity contribution in [1.29, 1.82) is 0 Å². The first-order valence-corrected chi connectivity index (χ1v) is 9.20. The summed E-state index contributed by atoms with van der Waals surface area (Å²) in [5.74, 6) is -0.516. The number of halogens is 2. The minimum absolute atomic E-state index is 0.0428. The Morgan fingerprint density at radius 2 is 2.07 bits per heavy atom. The Balaban J connectivity index is 2.35. The topological polar surface area (TPSA) is 66.2 Å². The lowest BCUT2D eigenvalue weighted by atomic mass is 10.1. The summed E-state index contributed by atoms with van der Waals surface area (Å²) in [4.78, 5) is 21.7. The van der Waals surface area contributed by atoms with Crippen LogP contribution in [0.15, 0.2) is 29.2 Å². The van der Waals surface area contributed by atoms with Crippen molar-refractivity contribution in [2.24, 2.45) is 0 Å². The largest absolute Gasteiger partial charge is 0.494 e. The molecule has 3 aromatic rings. The molecule has 1 unspecified atom stereocenters. The van der Waals surface area contributed by atoms with Gasteiger partial charge in [-0.25, -0.2) is 9.37 Å². The SMILES string of the molecule is CCC(COC)n1c(=O)c(C)nc2c(-c3cc(F)c(OC)cc3Cl)nccc21. The number of nitrogens with zero attached hydrogens (tertiary/aromatic N) is 3. The van der Waals surface area contributed by atoms with Gasteiger partial charge in [-0.1, -0.05) is 18.5 Å². The van der Waals surface area contributed by atoms with Crippen molar-refractivity contribution in [3.63, 3.8) is 0 Å². The number of fused-ring (bicyclic) bond motifs is 1. The molecule has 0 fully saturated rings. The molecule has 0 radical (unpaired) electrons. The number of rotatable bonds is 6. The highest BCUT2D eigenvalue weighted by molar-refractivity contribution is 6.33. The second kappa shape index (κ2) is 8.24. The van der Waals surface area contributed by atoms with Gasteiger partial charge in [0.15, 0.2) is 11.6 Å². The lowest BCUT2D eigenvalue weighted by Gasteiger charge is -2.21. The number of methoxy groups -OCH3 is 2. The van der Waals surface area contributed by atoms with E-state index in [1.165, 1.54) is 19.2 Å². The van der Waals surface area contributed by atoms with Gasteiger partial charge in [-0.15, -0.1) is 0 Å². The quantitative estimate of drug-likeness (QED) is 0.616. The standard InChI is InChI=1S/C20H21ClFN3O3/c1-5-12(10-27-3)25-16-6-7-23-18(19(16)24-11(2)20(25)26)13-8-15(22)17(28-4)9-14(13)21/h6-9,12H,5,10H2,1-4H3. The maximum absolute atomic E-state index is 14.3. The van der Waals surface area contributed by atoms with E-state index in [0.717, 1.165) is 0 Å². The molecule has 28 heavy (non-hydrogen) atoms. The van der Waals surface area contributed by atoms with E-state index in [4.69, 9.17) is 21.1 Å². The number of aromatic nitrogens is 3. The fourth-order valence-electron chi connectivity index (χ4n) is 3.24. The predicted molar refractivity (Wildman–Crippen MR) is 107 cm³/mol. The number of hydrogen-bond donors (Lipinski definition) is 0. The molecule has 0 saturated carbocycles. The molecule has 0 N–H and O–H groups in total. The molecule has 1 aromatic carbocycles. The van der Waals surface area contributed by atoms with Crippen LogP contribution in [0.3, 0.4) is 0 Å². The summed E-state index contributed by atoms with van der Waals surface area (Å²) in [6.07, 6.45) is 2.25. The summed E-state index contributed by atoms with van der Waals surface area (Å²) in [5, 5.41) is 0.277. The van der Waals surface area contributed by atoms with Crippen LogP contribution < -0.4 is 10.3 Å². The van der Waals surface area contributed by atoms with E-state index < -0.39 is 5.82 Å². The highest BCUT2D eigenvalue weighted by atomic mass is 35.5. The van der Waals surface area contributed by atoms with Crippen molar-refractivity contribution in [3.8, 4) is 17.0 Å². The number of pyridine rings is 1. The molecule has 3 rings (SSSR count). The van der Waals surface area contributed by atoms with Crippen molar-refractivity contribution in [2.45, 2.75) is 26.3 Å². The van der Waals surface area contributed by atoms with Crippen molar-refractivity contribution < 1.29 is 13.9 Å². The summed E-state index contributed by atoms with van der Waals surface area (Å²) < 4.78 is 26.2. The van der Waals surface area contributed by atoms with Crippen LogP contribution in [0.5, 0.6) is 5.75 Å². The van der Waals surface area contributed by atoms with Crippen molar-refractivity contribution in [2.75, 3.05) is 20.8 Å². The summed E-state index contributed by atoms with van der Waals surface area (Å²) in [7, 11) is 2.96. The molecule has 0 amide bonds. The third-order valence-corrected chi connectivity index (χ3v) is 4.98. The van der Waals surface area contributed by atoms with Gasteiger partial charge in [0.25, 0.3) is 5.56 Å². The molecular weight excluding hydrogens is 385 g/mol. The van der Waals surface area contributed by atoms with Crippen molar-refractivity contribution >= 4 is 22.6 Å². The zero-order valence-corrected chi connectivity index (χ0v) is 16.9. The van der Waals surface area contributed by atoms with E-state index in [1.807, 2.05) is 6.92 Å². The Bertz CT molecular complexity index is 1080. The van der Waals surface area contributed by atoms with Gasteiger partial charge in [-0.05, 0) is 25.5 Å². The molecule has 0 aliphatic rings. The normalized spacial score (nSPS) is 12.4. The van der Waals surface area contributed by atoms with E-state index in [-0.39, 0.29) is 22.4 Å². The molecule has 0 spiro atoms. The van der Waals surface area contributed by atoms with Crippen LogP contribution >= 0.6 is 11.6 Å². The van der Waals surface area contributed by atoms with Crippen molar-refractivity contribution in [3.05, 3.63) is 51.3 Å². The molecule has 2 aromatic heterocycles. The highest BCUT2D eigenvalue weighted by Crippen LogP contribution is 2.35. The Hall–Kier alpha value is -2.51. The molecule has 0 saturated heterocycles. The second-order valence-corrected chi connectivity index (χ2v) is 6.79. The molecular formula is C20H21ClFN3O3. The third kappa shape index (κ3) is 3.47. The minimum Gasteiger partial charge on any atom is -0.494 e. The summed E-state index contributed by atoms with van der Waals surface area (Å²) in [6, 6.07) is 4.22. The Morgan fingerprint density at radius 1 is 1.32 bits per heavy atom. The number of benzene rings is 1. The second-order valence-electron chi connectivity index (χ2n) is 6.38. The lowest BCUT2D eigenvalue weighted by Crippen LogP contribution is -2.30. The fraction of sp³-hybridized carbons (Fsp3) is 0.350. The molecule has 0 aliphatic heterocycles. The van der Waals surface area contributed by atoms with Crippen LogP contribution in [0, 0.1) is 12.7 Å². The highest BCUT2D eigenvalue weighted by Gasteiger charge is 2.20. The first-order chi connectivity index (χ1) is 13.4. The van der Waals surface area contributed by atoms with E-state index in [0.29, 0.717) is 41.0 Å². The van der Waals surface area contributed by atoms with Crippen LogP contribution in [0.25, 0.3) is 22.3 Å². The Kier molecular flexibility index (Phi) is 5.96. The Morgan fingerprint density at radius 3 is 2.71 bits per heavy atom. The van der Waals surface area contributed by atoms with Gasteiger partial charge in [0, 0.05) is 24.9 Å². The van der Waals surface area contributed by atoms with Gasteiger partial charge >= 0.3 is 0 Å². The molecule has 2 heterocycles. The van der Waals surface area contributed by atoms with Gasteiger partial charge in [-0.2, -0.15) is 0 Å². The average Bonchev–Trinajstić information content (AvgIpc) is 2.69. The first-order valence-electron chi connectivity index (χ1n) is 8.83. The first kappa shape index (κ1) is 20.2.